The highest BCUT2D eigenvalue weighted by atomic mass is 79.9. The Morgan fingerprint density at radius 2 is 2.00 bits per heavy atom. The zero-order valence-electron chi connectivity index (χ0n) is 11.2. The number of carbonyl (C=O) groups is 1. The zero-order chi connectivity index (χ0) is 15.1. The third-order valence-corrected chi connectivity index (χ3v) is 6.26. The number of hydrogen-bond donors (Lipinski definition) is 2. The number of sulfonamides is 1. The van der Waals surface area contributed by atoms with E-state index in [1.54, 1.807) is 6.92 Å². The summed E-state index contributed by atoms with van der Waals surface area (Å²) in [5.41, 5.74) is 0.0313. The summed E-state index contributed by atoms with van der Waals surface area (Å²) >= 11 is 3.21. The molecule has 0 saturated heterocycles. The van der Waals surface area contributed by atoms with Crippen molar-refractivity contribution in [2.24, 2.45) is 0 Å². The molecular weight excluding hydrogens is 346 g/mol. The average molecular weight is 362 g/mol. The minimum Gasteiger partial charge on any atom is -0.478 e. The van der Waals surface area contributed by atoms with Crippen LogP contribution in [0.2, 0.25) is 0 Å². The Kier molecular flexibility index (Phi) is 3.96. The molecule has 1 aromatic rings. The minimum absolute atomic E-state index is 0.0115. The van der Waals surface area contributed by atoms with E-state index in [0.29, 0.717) is 10.0 Å². The normalized spacial score (nSPS) is 17.6. The number of aromatic carboxylic acids is 1. The maximum Gasteiger partial charge on any atom is 0.335 e. The third kappa shape index (κ3) is 2.89. The molecule has 1 fully saturated rings. The summed E-state index contributed by atoms with van der Waals surface area (Å²) in [7, 11) is -3.73. The van der Waals surface area contributed by atoms with Gasteiger partial charge in [0.15, 0.2) is 0 Å². The molecule has 0 bridgehead atoms. The highest BCUT2D eigenvalue weighted by molar-refractivity contribution is 9.10. The smallest absolute Gasteiger partial charge is 0.335 e. The molecular formula is C13H16BrNO4S. The van der Waals surface area contributed by atoms with Crippen molar-refractivity contribution >= 4 is 31.9 Å². The lowest BCUT2D eigenvalue weighted by molar-refractivity contribution is 0.0696. The minimum atomic E-state index is -3.73. The second kappa shape index (κ2) is 5.13. The number of halogens is 1. The summed E-state index contributed by atoms with van der Waals surface area (Å²) in [6.07, 6.45) is 2.59. The van der Waals surface area contributed by atoms with E-state index < -0.39 is 21.5 Å². The summed E-state index contributed by atoms with van der Waals surface area (Å²) in [5.74, 6) is -1.16. The van der Waals surface area contributed by atoms with Crippen LogP contribution >= 0.6 is 15.9 Å². The van der Waals surface area contributed by atoms with Crippen molar-refractivity contribution in [2.75, 3.05) is 0 Å². The Labute approximate surface area is 126 Å². The van der Waals surface area contributed by atoms with Gasteiger partial charge >= 0.3 is 5.97 Å². The quantitative estimate of drug-likeness (QED) is 0.863. The molecule has 110 valence electrons. The average Bonchev–Trinajstić information content (AvgIpc) is 2.29. The molecule has 2 rings (SSSR count). The molecule has 0 unspecified atom stereocenters. The molecule has 0 heterocycles. The first-order valence-electron chi connectivity index (χ1n) is 6.22. The second-order valence-corrected chi connectivity index (χ2v) is 7.91. The van der Waals surface area contributed by atoms with Crippen LogP contribution in [0.25, 0.3) is 0 Å². The largest absolute Gasteiger partial charge is 0.478 e. The first-order valence-corrected chi connectivity index (χ1v) is 8.50. The lowest BCUT2D eigenvalue weighted by Gasteiger charge is -2.38. The third-order valence-electron chi connectivity index (χ3n) is 3.67. The topological polar surface area (TPSA) is 83.5 Å². The lowest BCUT2D eigenvalue weighted by atomic mass is 9.80. The van der Waals surface area contributed by atoms with Crippen LogP contribution in [0.15, 0.2) is 21.5 Å². The molecule has 1 aliphatic rings. The van der Waals surface area contributed by atoms with Crippen molar-refractivity contribution in [3.05, 3.63) is 27.7 Å². The van der Waals surface area contributed by atoms with Crippen molar-refractivity contribution in [1.82, 2.24) is 4.72 Å². The van der Waals surface area contributed by atoms with E-state index in [1.165, 1.54) is 12.1 Å². The molecule has 0 spiro atoms. The van der Waals surface area contributed by atoms with Gasteiger partial charge in [-0.2, -0.15) is 0 Å². The molecule has 1 aliphatic carbocycles. The van der Waals surface area contributed by atoms with E-state index >= 15 is 0 Å². The van der Waals surface area contributed by atoms with Gasteiger partial charge in [0.1, 0.15) is 0 Å². The molecule has 0 amide bonds. The maximum atomic E-state index is 12.5. The standard InChI is InChI=1S/C13H16BrNO4S/c1-8-10(14)6-9(12(16)17)7-11(8)20(18,19)15-13(2)4-3-5-13/h6-7,15H,3-5H2,1-2H3,(H,16,17). The fourth-order valence-electron chi connectivity index (χ4n) is 2.24. The molecule has 1 saturated carbocycles. The first-order chi connectivity index (χ1) is 9.15. The van der Waals surface area contributed by atoms with Gasteiger partial charge in [0.25, 0.3) is 0 Å². The number of nitrogens with one attached hydrogen (secondary N) is 1. The molecule has 0 radical (unpaired) electrons. The summed E-state index contributed by atoms with van der Waals surface area (Å²) in [6.45, 7) is 3.51. The Hall–Kier alpha value is -0.920. The van der Waals surface area contributed by atoms with E-state index in [1.807, 2.05) is 6.92 Å². The van der Waals surface area contributed by atoms with E-state index in [2.05, 4.69) is 20.7 Å². The van der Waals surface area contributed by atoms with Crippen LogP contribution in [0, 0.1) is 6.92 Å². The van der Waals surface area contributed by atoms with E-state index in [0.717, 1.165) is 19.3 Å². The van der Waals surface area contributed by atoms with Crippen molar-refractivity contribution in [2.45, 2.75) is 43.5 Å². The van der Waals surface area contributed by atoms with Crippen LogP contribution in [-0.2, 0) is 10.0 Å². The fourth-order valence-corrected chi connectivity index (χ4v) is 4.59. The number of carboxylic acid groups (broad SMARTS) is 1. The predicted molar refractivity (Wildman–Crippen MR) is 78.4 cm³/mol. The summed E-state index contributed by atoms with van der Waals surface area (Å²) in [5, 5.41) is 9.04. The first kappa shape index (κ1) is 15.5. The van der Waals surface area contributed by atoms with Gasteiger partial charge in [-0.3, -0.25) is 0 Å². The van der Waals surface area contributed by atoms with Crippen molar-refractivity contribution in [3.8, 4) is 0 Å². The zero-order valence-corrected chi connectivity index (χ0v) is 13.6. The molecule has 0 atom stereocenters. The van der Waals surface area contributed by atoms with Gasteiger partial charge in [-0.25, -0.2) is 17.9 Å². The molecule has 20 heavy (non-hydrogen) atoms. The number of hydrogen-bond acceptors (Lipinski definition) is 3. The highest BCUT2D eigenvalue weighted by Crippen LogP contribution is 2.34. The van der Waals surface area contributed by atoms with Gasteiger partial charge in [-0.1, -0.05) is 15.9 Å². The Morgan fingerprint density at radius 1 is 1.40 bits per heavy atom. The molecule has 2 N–H and O–H groups in total. The van der Waals surface area contributed by atoms with E-state index in [-0.39, 0.29) is 10.5 Å². The number of benzene rings is 1. The van der Waals surface area contributed by atoms with E-state index in [9.17, 15) is 13.2 Å². The summed E-state index contributed by atoms with van der Waals surface area (Å²) < 4.78 is 28.1. The second-order valence-electron chi connectivity index (χ2n) is 5.41. The Balaban J connectivity index is 2.47. The van der Waals surface area contributed by atoms with Crippen LogP contribution in [0.5, 0.6) is 0 Å². The predicted octanol–water partition coefficient (Wildman–Crippen LogP) is 2.68. The van der Waals surface area contributed by atoms with Gasteiger partial charge in [0, 0.05) is 10.0 Å². The van der Waals surface area contributed by atoms with Crippen LogP contribution < -0.4 is 4.72 Å². The molecule has 5 nitrogen and oxygen atoms in total. The monoisotopic (exact) mass is 361 g/mol. The van der Waals surface area contributed by atoms with Crippen LogP contribution in [0.3, 0.4) is 0 Å². The lowest BCUT2D eigenvalue weighted by Crippen LogP contribution is -2.50. The van der Waals surface area contributed by atoms with Crippen molar-refractivity contribution in [3.63, 3.8) is 0 Å². The van der Waals surface area contributed by atoms with E-state index in [4.69, 9.17) is 5.11 Å². The molecule has 0 aromatic heterocycles. The van der Waals surface area contributed by atoms with Gasteiger partial charge in [-0.15, -0.1) is 0 Å². The van der Waals surface area contributed by atoms with Crippen LogP contribution in [-0.4, -0.2) is 25.0 Å². The maximum absolute atomic E-state index is 12.5. The van der Waals surface area contributed by atoms with Gasteiger partial charge in [0.2, 0.25) is 10.0 Å². The molecule has 7 heteroatoms. The molecule has 0 aliphatic heterocycles. The summed E-state index contributed by atoms with van der Waals surface area (Å²) in [4.78, 5) is 11.1. The Bertz CT molecular complexity index is 665. The van der Waals surface area contributed by atoms with Crippen LogP contribution in [0.4, 0.5) is 0 Å². The summed E-state index contributed by atoms with van der Waals surface area (Å²) in [6, 6.07) is 2.61. The SMILES string of the molecule is Cc1c(Br)cc(C(=O)O)cc1S(=O)(=O)NC1(C)CCC1. The van der Waals surface area contributed by atoms with Crippen molar-refractivity contribution < 1.29 is 18.3 Å². The number of rotatable bonds is 4. The molecule has 1 aromatic carbocycles. The van der Waals surface area contributed by atoms with Gasteiger partial charge < -0.3 is 5.11 Å². The van der Waals surface area contributed by atoms with Crippen LogP contribution in [0.1, 0.15) is 42.1 Å². The fraction of sp³-hybridized carbons (Fsp3) is 0.462. The number of carboxylic acids is 1. The Morgan fingerprint density at radius 3 is 2.45 bits per heavy atom. The van der Waals surface area contributed by atoms with Crippen molar-refractivity contribution in [1.29, 1.82) is 0 Å². The highest BCUT2D eigenvalue weighted by Gasteiger charge is 2.37. The van der Waals surface area contributed by atoms with Gasteiger partial charge in [-0.05, 0) is 50.8 Å². The van der Waals surface area contributed by atoms with Gasteiger partial charge in [0.05, 0.1) is 10.5 Å².